The Balaban J connectivity index is 0.00000308. The first-order chi connectivity index (χ1) is 18.6. The van der Waals surface area contributed by atoms with Crippen LogP contribution >= 0.6 is 0 Å². The van der Waals surface area contributed by atoms with E-state index >= 15 is 0 Å². The van der Waals surface area contributed by atoms with E-state index in [-0.39, 0.29) is 24.2 Å². The number of hydrogen-bond acceptors (Lipinski definition) is 2. The summed E-state index contributed by atoms with van der Waals surface area (Å²) >= 11 is 0. The molecule has 4 nitrogen and oxygen atoms in total. The van der Waals surface area contributed by atoms with Crippen LogP contribution in [0.3, 0.4) is 0 Å². The number of amides is 1. The molecule has 6 rings (SSSR count). The molecule has 0 saturated heterocycles. The van der Waals surface area contributed by atoms with E-state index in [1.54, 1.807) is 0 Å². The highest BCUT2D eigenvalue weighted by Crippen LogP contribution is 2.48. The van der Waals surface area contributed by atoms with Gasteiger partial charge in [0.2, 0.25) is 11.7 Å². The Hall–Kier alpha value is -3.63. The maximum Gasteiger partial charge on any atom is 0.244 e. The quantitative estimate of drug-likeness (QED) is 0.369. The summed E-state index contributed by atoms with van der Waals surface area (Å²) in [5.41, 5.74) is 8.88. The van der Waals surface area contributed by atoms with Crippen LogP contribution in [0.4, 0.5) is 0 Å². The molecular weight excluding hydrogens is 502 g/mol. The highest BCUT2D eigenvalue weighted by Gasteiger charge is 2.52. The molecule has 200 valence electrons. The van der Waals surface area contributed by atoms with Gasteiger partial charge in [0.05, 0.1) is 6.04 Å². The number of carbonyl (C=O) groups is 1. The fourth-order valence-corrected chi connectivity index (χ4v) is 7.17. The van der Waals surface area contributed by atoms with Crippen molar-refractivity contribution in [2.24, 2.45) is 11.7 Å². The second-order valence-corrected chi connectivity index (χ2v) is 10.9. The Morgan fingerprint density at radius 3 is 2.15 bits per heavy atom. The molecule has 5 heteroatoms. The van der Waals surface area contributed by atoms with Crippen molar-refractivity contribution >= 4 is 22.5 Å². The van der Waals surface area contributed by atoms with Crippen LogP contribution in [-0.4, -0.2) is 40.3 Å². The molecule has 1 aliphatic carbocycles. The Morgan fingerprint density at radius 2 is 1.49 bits per heavy atom. The van der Waals surface area contributed by atoms with Gasteiger partial charge in [-0.3, -0.25) is 14.3 Å². The molecule has 0 bridgehead atoms. The maximum atomic E-state index is 13.5. The topological polar surface area (TPSA) is 49.3 Å². The van der Waals surface area contributed by atoms with Crippen molar-refractivity contribution in [3.8, 4) is 0 Å². The molecule has 1 aliphatic heterocycles. The summed E-state index contributed by atoms with van der Waals surface area (Å²) in [5.74, 6) is 1.24. The van der Waals surface area contributed by atoms with Crippen molar-refractivity contribution in [3.05, 3.63) is 120 Å². The van der Waals surface area contributed by atoms with Gasteiger partial charge in [0, 0.05) is 12.5 Å². The summed E-state index contributed by atoms with van der Waals surface area (Å²) in [4.78, 5) is 16.0. The zero-order valence-electron chi connectivity index (χ0n) is 22.5. The predicted molar refractivity (Wildman–Crippen MR) is 154 cm³/mol. The van der Waals surface area contributed by atoms with Crippen molar-refractivity contribution in [2.75, 3.05) is 13.1 Å². The van der Waals surface area contributed by atoms with E-state index in [0.29, 0.717) is 6.04 Å². The number of nitrogens with zero attached hydrogens (tertiary/aromatic N) is 2. The first-order valence-corrected chi connectivity index (χ1v) is 13.8. The lowest BCUT2D eigenvalue weighted by molar-refractivity contribution is -0.534. The molecule has 2 aliphatic rings. The normalized spacial score (nSPS) is 19.4. The molecule has 2 atom stereocenters. The van der Waals surface area contributed by atoms with Crippen LogP contribution in [0, 0.1) is 5.92 Å². The number of nitrogens with two attached hydrogens (primary N) is 1. The van der Waals surface area contributed by atoms with Crippen LogP contribution in [0.5, 0.6) is 0 Å². The molecule has 2 unspecified atom stereocenters. The van der Waals surface area contributed by atoms with Gasteiger partial charge in [0.1, 0.15) is 25.0 Å². The van der Waals surface area contributed by atoms with Gasteiger partial charge in [0.15, 0.2) is 0 Å². The monoisotopic (exact) mass is 537 g/mol. The highest BCUT2D eigenvalue weighted by molar-refractivity contribution is 5.91. The molecule has 0 spiro atoms. The first-order valence-electron chi connectivity index (χ1n) is 13.8. The van der Waals surface area contributed by atoms with Gasteiger partial charge in [-0.05, 0) is 47.1 Å². The zero-order valence-corrected chi connectivity index (χ0v) is 23.2. The standard InChI is InChI=1S/C34H35N3O.ClH/c1-25-36(24-27-13-10-12-26-11-8-9-18-32(26)27)21-22-37(25)31-20-19-30(23-31)34(33(35)38,28-14-4-2-5-15-28)29-16-6-3-7-17-29;/h2-18,30-31H,19-24H2,1H3,(H-,35,38);1H. The van der Waals surface area contributed by atoms with Crippen LogP contribution in [0.15, 0.2) is 103 Å². The molecular formula is C34H36ClN3O. The average molecular weight is 538 g/mol. The molecule has 2 N–H and O–H groups in total. The fourth-order valence-electron chi connectivity index (χ4n) is 7.17. The smallest absolute Gasteiger partial charge is 0.244 e. The van der Waals surface area contributed by atoms with E-state index in [0.717, 1.165) is 50.0 Å². The third-order valence-corrected chi connectivity index (χ3v) is 9.03. The highest BCUT2D eigenvalue weighted by atomic mass is 35.5. The summed E-state index contributed by atoms with van der Waals surface area (Å²) < 4.78 is 2.52. The van der Waals surface area contributed by atoms with Gasteiger partial charge in [-0.25, -0.2) is 0 Å². The summed E-state index contributed by atoms with van der Waals surface area (Å²) in [6.45, 7) is 5.23. The molecule has 0 radical (unpaired) electrons. The summed E-state index contributed by atoms with van der Waals surface area (Å²) in [7, 11) is 0. The summed E-state index contributed by atoms with van der Waals surface area (Å²) in [6.07, 6.45) is 3.00. The van der Waals surface area contributed by atoms with Gasteiger partial charge in [0.25, 0.3) is 0 Å². The molecule has 1 amide bonds. The van der Waals surface area contributed by atoms with Gasteiger partial charge < -0.3 is 18.1 Å². The van der Waals surface area contributed by atoms with Crippen molar-refractivity contribution in [1.29, 1.82) is 0 Å². The number of rotatable bonds is 7. The molecule has 4 aromatic rings. The minimum Gasteiger partial charge on any atom is -1.00 e. The second-order valence-electron chi connectivity index (χ2n) is 10.9. The third kappa shape index (κ3) is 4.72. The van der Waals surface area contributed by atoms with Crippen LogP contribution in [0.25, 0.3) is 10.8 Å². The lowest BCUT2D eigenvalue weighted by atomic mass is 9.64. The Labute approximate surface area is 237 Å². The molecule has 4 aromatic carbocycles. The fraction of sp³-hybridized carbons (Fsp3) is 0.294. The van der Waals surface area contributed by atoms with Crippen LogP contribution in [0.1, 0.15) is 42.9 Å². The Kier molecular flexibility index (Phi) is 7.76. The van der Waals surface area contributed by atoms with Gasteiger partial charge in [-0.1, -0.05) is 103 Å². The van der Waals surface area contributed by atoms with Crippen LogP contribution in [-0.2, 0) is 16.8 Å². The predicted octanol–water partition coefficient (Wildman–Crippen LogP) is 2.73. The minimum atomic E-state index is -0.826. The number of primary amides is 1. The third-order valence-electron chi connectivity index (χ3n) is 9.03. The molecule has 1 fully saturated rings. The van der Waals surface area contributed by atoms with Crippen molar-refractivity contribution in [2.45, 2.75) is 44.2 Å². The van der Waals surface area contributed by atoms with E-state index < -0.39 is 5.41 Å². The summed E-state index contributed by atoms with van der Waals surface area (Å²) in [5, 5.41) is 2.63. The number of benzene rings is 4. The Morgan fingerprint density at radius 1 is 0.872 bits per heavy atom. The molecule has 0 aromatic heterocycles. The molecule has 39 heavy (non-hydrogen) atoms. The van der Waals surface area contributed by atoms with E-state index in [9.17, 15) is 4.79 Å². The Bertz CT molecular complexity index is 1440. The van der Waals surface area contributed by atoms with E-state index in [4.69, 9.17) is 5.73 Å². The number of halogens is 1. The van der Waals surface area contributed by atoms with Crippen molar-refractivity contribution < 1.29 is 21.8 Å². The number of fused-ring (bicyclic) bond motifs is 1. The van der Waals surface area contributed by atoms with Gasteiger partial charge >= 0.3 is 0 Å². The maximum absolute atomic E-state index is 13.5. The van der Waals surface area contributed by atoms with Crippen LogP contribution < -0.4 is 18.1 Å². The first kappa shape index (κ1) is 27.0. The zero-order chi connectivity index (χ0) is 26.1. The number of amidine groups is 1. The van der Waals surface area contributed by atoms with E-state index in [1.165, 1.54) is 22.2 Å². The largest absolute Gasteiger partial charge is 1.00 e. The average Bonchev–Trinajstić information content (AvgIpc) is 3.57. The second kappa shape index (κ2) is 11.2. The number of carbonyl (C=O) groups excluding carboxylic acids is 1. The number of hydrogen-bond donors (Lipinski definition) is 1. The lowest BCUT2D eigenvalue weighted by Crippen LogP contribution is -3.00. The molecule has 1 heterocycles. The lowest BCUT2D eigenvalue weighted by Gasteiger charge is -2.37. The van der Waals surface area contributed by atoms with E-state index in [2.05, 4.69) is 83.1 Å². The SMILES string of the molecule is CC1=[N+](Cc2cccc3ccccc23)CCN1C1CCC(C(C(N)=O)(c2ccccc2)c2ccccc2)C1.[Cl-]. The summed E-state index contributed by atoms with van der Waals surface area (Å²) in [6, 6.07) is 36.0. The molecule has 1 saturated carbocycles. The van der Waals surface area contributed by atoms with Gasteiger partial charge in [-0.2, -0.15) is 0 Å². The van der Waals surface area contributed by atoms with E-state index in [1.807, 2.05) is 36.4 Å². The van der Waals surface area contributed by atoms with Crippen LogP contribution in [0.2, 0.25) is 0 Å². The van der Waals surface area contributed by atoms with Gasteiger partial charge in [-0.15, -0.1) is 0 Å². The van der Waals surface area contributed by atoms with Crippen molar-refractivity contribution in [1.82, 2.24) is 4.90 Å². The van der Waals surface area contributed by atoms with Crippen molar-refractivity contribution in [3.63, 3.8) is 0 Å². The minimum absolute atomic E-state index is 0.